The largest absolute Gasteiger partial charge is 0.372 e. The van der Waals surface area contributed by atoms with Crippen molar-refractivity contribution in [3.63, 3.8) is 0 Å². The summed E-state index contributed by atoms with van der Waals surface area (Å²) in [6, 6.07) is 14.8. The number of hydrogen-bond acceptors (Lipinski definition) is 2. The Morgan fingerprint density at radius 1 is 1.00 bits per heavy atom. The van der Waals surface area contributed by atoms with Gasteiger partial charge in [0.25, 0.3) is 5.91 Å². The van der Waals surface area contributed by atoms with Gasteiger partial charge in [-0.3, -0.25) is 4.79 Å². The lowest BCUT2D eigenvalue weighted by atomic mass is 10.1. The van der Waals surface area contributed by atoms with Crippen molar-refractivity contribution in [2.75, 3.05) is 23.3 Å². The summed E-state index contributed by atoms with van der Waals surface area (Å²) in [5.41, 5.74) is 6.34. The van der Waals surface area contributed by atoms with Crippen molar-refractivity contribution in [1.29, 1.82) is 0 Å². The SMILES string of the molecule is CCc1ccc2c(c1)c(C)c(C(=O)Nc1ccc(N3CCCCC3)cc1)n2CC. The molecular weight excluding hydrogens is 358 g/mol. The molecule has 4 rings (SSSR count). The summed E-state index contributed by atoms with van der Waals surface area (Å²) < 4.78 is 2.13. The summed E-state index contributed by atoms with van der Waals surface area (Å²) in [5.74, 6) is -0.0377. The zero-order valence-corrected chi connectivity index (χ0v) is 17.8. The lowest BCUT2D eigenvalue weighted by Crippen LogP contribution is -2.29. The first kappa shape index (κ1) is 19.6. The molecule has 1 aliphatic heterocycles. The monoisotopic (exact) mass is 389 g/mol. The van der Waals surface area contributed by atoms with Crippen molar-refractivity contribution in [3.8, 4) is 0 Å². The van der Waals surface area contributed by atoms with E-state index >= 15 is 0 Å². The minimum absolute atomic E-state index is 0.0377. The average molecular weight is 390 g/mol. The fraction of sp³-hybridized carbons (Fsp3) is 0.400. The summed E-state index contributed by atoms with van der Waals surface area (Å²) >= 11 is 0. The molecule has 2 heterocycles. The molecule has 2 aromatic carbocycles. The van der Waals surface area contributed by atoms with E-state index < -0.39 is 0 Å². The number of benzene rings is 2. The number of anilines is 2. The molecule has 0 saturated carbocycles. The fourth-order valence-corrected chi connectivity index (χ4v) is 4.51. The number of carbonyl (C=O) groups is 1. The van der Waals surface area contributed by atoms with E-state index in [0.29, 0.717) is 0 Å². The maximum absolute atomic E-state index is 13.2. The number of aromatic nitrogens is 1. The Hall–Kier alpha value is -2.75. The van der Waals surface area contributed by atoms with Crippen LogP contribution in [0.1, 0.15) is 54.7 Å². The summed E-state index contributed by atoms with van der Waals surface area (Å²) in [6.07, 6.45) is 4.85. The number of hydrogen-bond donors (Lipinski definition) is 1. The highest BCUT2D eigenvalue weighted by molar-refractivity contribution is 6.08. The molecule has 4 nitrogen and oxygen atoms in total. The van der Waals surface area contributed by atoms with E-state index in [1.54, 1.807) is 0 Å². The maximum Gasteiger partial charge on any atom is 0.272 e. The van der Waals surface area contributed by atoms with Gasteiger partial charge in [-0.25, -0.2) is 0 Å². The molecule has 1 aromatic heterocycles. The van der Waals surface area contributed by atoms with E-state index in [4.69, 9.17) is 0 Å². The molecule has 152 valence electrons. The Balaban J connectivity index is 1.59. The third-order valence-electron chi connectivity index (χ3n) is 6.17. The van der Waals surface area contributed by atoms with Crippen molar-refractivity contribution < 1.29 is 4.79 Å². The first-order chi connectivity index (χ1) is 14.1. The minimum Gasteiger partial charge on any atom is -0.372 e. The Kier molecular flexibility index (Phi) is 5.61. The number of carbonyl (C=O) groups excluding carboxylic acids is 1. The Labute approximate surface area is 173 Å². The van der Waals surface area contributed by atoms with Crippen LogP contribution in [0.25, 0.3) is 10.9 Å². The molecule has 0 aliphatic carbocycles. The zero-order valence-electron chi connectivity index (χ0n) is 17.8. The molecular formula is C25H31N3O. The quantitative estimate of drug-likeness (QED) is 0.601. The fourth-order valence-electron chi connectivity index (χ4n) is 4.51. The number of rotatable bonds is 5. The van der Waals surface area contributed by atoms with Gasteiger partial charge < -0.3 is 14.8 Å². The normalized spacial score (nSPS) is 14.4. The van der Waals surface area contributed by atoms with Crippen LogP contribution in [0, 0.1) is 6.92 Å². The van der Waals surface area contributed by atoms with Gasteiger partial charge in [0.2, 0.25) is 0 Å². The standard InChI is InChI=1S/C25H31N3O/c1-4-19-9-14-23-22(17-19)18(3)24(28(23)5-2)25(29)26-20-10-12-21(13-11-20)27-15-7-6-8-16-27/h9-14,17H,4-8,15-16H2,1-3H3,(H,26,29). The predicted molar refractivity (Wildman–Crippen MR) is 122 cm³/mol. The molecule has 4 heteroatoms. The molecule has 0 atom stereocenters. The van der Waals surface area contributed by atoms with Crippen LogP contribution in [-0.4, -0.2) is 23.6 Å². The topological polar surface area (TPSA) is 37.3 Å². The van der Waals surface area contributed by atoms with Crippen LogP contribution < -0.4 is 10.2 Å². The van der Waals surface area contributed by atoms with E-state index in [1.165, 1.54) is 35.9 Å². The lowest BCUT2D eigenvalue weighted by molar-refractivity contribution is 0.101. The van der Waals surface area contributed by atoms with E-state index in [2.05, 4.69) is 65.9 Å². The van der Waals surface area contributed by atoms with Gasteiger partial charge in [-0.05, 0) is 87.1 Å². The van der Waals surface area contributed by atoms with E-state index in [1.807, 2.05) is 12.1 Å². The first-order valence-electron chi connectivity index (χ1n) is 10.9. The van der Waals surface area contributed by atoms with Crippen LogP contribution in [0.2, 0.25) is 0 Å². The van der Waals surface area contributed by atoms with Gasteiger partial charge in [-0.2, -0.15) is 0 Å². The van der Waals surface area contributed by atoms with Crippen molar-refractivity contribution in [3.05, 3.63) is 59.3 Å². The maximum atomic E-state index is 13.2. The molecule has 0 unspecified atom stereocenters. The molecule has 1 amide bonds. The van der Waals surface area contributed by atoms with Crippen LogP contribution in [0.3, 0.4) is 0 Å². The number of nitrogens with one attached hydrogen (secondary N) is 1. The van der Waals surface area contributed by atoms with E-state index in [-0.39, 0.29) is 5.91 Å². The van der Waals surface area contributed by atoms with Gasteiger partial charge in [0.05, 0.1) is 0 Å². The Morgan fingerprint density at radius 2 is 1.72 bits per heavy atom. The minimum atomic E-state index is -0.0377. The van der Waals surface area contributed by atoms with Gasteiger partial charge >= 0.3 is 0 Å². The molecule has 29 heavy (non-hydrogen) atoms. The van der Waals surface area contributed by atoms with Crippen molar-refractivity contribution in [2.45, 2.75) is 53.0 Å². The number of amides is 1. The van der Waals surface area contributed by atoms with Crippen molar-refractivity contribution >= 4 is 28.2 Å². The number of nitrogens with zero attached hydrogens (tertiary/aromatic N) is 2. The van der Waals surface area contributed by atoms with Gasteiger partial charge in [0.1, 0.15) is 5.69 Å². The molecule has 1 N–H and O–H groups in total. The van der Waals surface area contributed by atoms with Crippen LogP contribution >= 0.6 is 0 Å². The highest BCUT2D eigenvalue weighted by atomic mass is 16.2. The van der Waals surface area contributed by atoms with Gasteiger partial charge in [0, 0.05) is 41.9 Å². The lowest BCUT2D eigenvalue weighted by Gasteiger charge is -2.28. The van der Waals surface area contributed by atoms with Gasteiger partial charge in [-0.1, -0.05) is 13.0 Å². The van der Waals surface area contributed by atoms with Crippen LogP contribution in [0.4, 0.5) is 11.4 Å². The number of fused-ring (bicyclic) bond motifs is 1. The third kappa shape index (κ3) is 3.76. The molecule has 0 bridgehead atoms. The van der Waals surface area contributed by atoms with Crippen LogP contribution in [0.15, 0.2) is 42.5 Å². The summed E-state index contributed by atoms with van der Waals surface area (Å²) in [5, 5.41) is 4.29. The second-order valence-electron chi connectivity index (χ2n) is 7.97. The summed E-state index contributed by atoms with van der Waals surface area (Å²) in [6.45, 7) is 9.34. The average Bonchev–Trinajstić information content (AvgIpc) is 3.06. The molecule has 1 fully saturated rings. The molecule has 0 radical (unpaired) electrons. The van der Waals surface area contributed by atoms with Gasteiger partial charge in [0.15, 0.2) is 0 Å². The molecule has 1 saturated heterocycles. The third-order valence-corrected chi connectivity index (χ3v) is 6.17. The molecule has 0 spiro atoms. The Bertz CT molecular complexity index is 1010. The highest BCUT2D eigenvalue weighted by Crippen LogP contribution is 2.28. The highest BCUT2D eigenvalue weighted by Gasteiger charge is 2.20. The van der Waals surface area contributed by atoms with Crippen LogP contribution in [-0.2, 0) is 13.0 Å². The van der Waals surface area contributed by atoms with Crippen molar-refractivity contribution in [2.24, 2.45) is 0 Å². The summed E-state index contributed by atoms with van der Waals surface area (Å²) in [4.78, 5) is 15.6. The smallest absolute Gasteiger partial charge is 0.272 e. The van der Waals surface area contributed by atoms with Crippen LogP contribution in [0.5, 0.6) is 0 Å². The number of piperidine rings is 1. The second kappa shape index (κ2) is 8.32. The first-order valence-corrected chi connectivity index (χ1v) is 10.9. The zero-order chi connectivity index (χ0) is 20.4. The number of aryl methyl sites for hydroxylation is 3. The van der Waals surface area contributed by atoms with E-state index in [9.17, 15) is 4.79 Å². The summed E-state index contributed by atoms with van der Waals surface area (Å²) in [7, 11) is 0. The predicted octanol–water partition coefficient (Wildman–Crippen LogP) is 5.77. The molecule has 1 aliphatic rings. The van der Waals surface area contributed by atoms with Gasteiger partial charge in [-0.15, -0.1) is 0 Å². The second-order valence-corrected chi connectivity index (χ2v) is 7.97. The van der Waals surface area contributed by atoms with Crippen molar-refractivity contribution in [1.82, 2.24) is 4.57 Å². The Morgan fingerprint density at radius 3 is 2.38 bits per heavy atom. The molecule has 3 aromatic rings. The van der Waals surface area contributed by atoms with E-state index in [0.717, 1.165) is 48.5 Å².